The van der Waals surface area contributed by atoms with Gasteiger partial charge in [-0.15, -0.1) is 0 Å². The lowest BCUT2D eigenvalue weighted by Gasteiger charge is -2.13. The molecule has 0 spiro atoms. The van der Waals surface area contributed by atoms with Gasteiger partial charge in [0.05, 0.1) is 37.7 Å². The highest BCUT2D eigenvalue weighted by atomic mass is 35.5. The topological polar surface area (TPSA) is 98.5 Å². The Labute approximate surface area is 160 Å². The van der Waals surface area contributed by atoms with Crippen LogP contribution >= 0.6 is 11.6 Å². The molecule has 0 aliphatic heterocycles. The highest BCUT2D eigenvalue weighted by Crippen LogP contribution is 2.37. The minimum atomic E-state index is -0.350. The minimum Gasteiger partial charge on any atom is -0.495 e. The van der Waals surface area contributed by atoms with Crippen LogP contribution < -0.4 is 20.1 Å². The molecule has 8 nitrogen and oxygen atoms in total. The van der Waals surface area contributed by atoms with Crippen molar-refractivity contribution in [2.45, 2.75) is 6.54 Å². The molecule has 0 saturated carbocycles. The molecule has 27 heavy (non-hydrogen) atoms. The molecule has 1 amide bonds. The fourth-order valence-corrected chi connectivity index (χ4v) is 2.55. The number of nitrogens with zero attached hydrogens (tertiary/aromatic N) is 2. The summed E-state index contributed by atoms with van der Waals surface area (Å²) in [6.07, 6.45) is 2.84. The quantitative estimate of drug-likeness (QED) is 0.639. The normalized spacial score (nSPS) is 10.3. The maximum absolute atomic E-state index is 12.3. The number of benzene rings is 1. The number of hydrogen-bond acceptors (Lipinski definition) is 7. The number of ether oxygens (including phenoxy) is 2. The molecule has 0 fully saturated rings. The predicted octanol–water partition coefficient (Wildman–Crippen LogP) is 3.41. The molecule has 0 aliphatic carbocycles. The van der Waals surface area contributed by atoms with Crippen molar-refractivity contribution < 1.29 is 18.7 Å². The lowest BCUT2D eigenvalue weighted by atomic mass is 10.2. The summed E-state index contributed by atoms with van der Waals surface area (Å²) in [5.74, 6) is 1.69. The smallest absolute Gasteiger partial charge is 0.270 e. The fraction of sp³-hybridized carbons (Fsp3) is 0.167. The highest BCUT2D eigenvalue weighted by molar-refractivity contribution is 6.32. The van der Waals surface area contributed by atoms with E-state index in [9.17, 15) is 4.79 Å². The number of methoxy groups -OCH3 is 2. The van der Waals surface area contributed by atoms with Crippen molar-refractivity contribution in [2.24, 2.45) is 0 Å². The molecule has 0 unspecified atom stereocenters. The average molecular weight is 389 g/mol. The first-order valence-electron chi connectivity index (χ1n) is 7.92. The van der Waals surface area contributed by atoms with Crippen LogP contribution in [0.1, 0.15) is 16.2 Å². The first-order chi connectivity index (χ1) is 13.1. The Morgan fingerprint density at radius 3 is 2.70 bits per heavy atom. The third-order valence-electron chi connectivity index (χ3n) is 3.64. The summed E-state index contributed by atoms with van der Waals surface area (Å²) < 4.78 is 15.7. The number of furan rings is 1. The zero-order chi connectivity index (χ0) is 19.2. The molecule has 2 N–H and O–H groups in total. The Balaban J connectivity index is 1.76. The molecular formula is C18H17ClN4O4. The minimum absolute atomic E-state index is 0.207. The molecule has 0 radical (unpaired) electrons. The summed E-state index contributed by atoms with van der Waals surface area (Å²) in [6, 6.07) is 8.36. The van der Waals surface area contributed by atoms with Gasteiger partial charge in [0.15, 0.2) is 0 Å². The van der Waals surface area contributed by atoms with E-state index in [1.807, 2.05) is 0 Å². The number of nitrogens with one attached hydrogen (secondary N) is 2. The van der Waals surface area contributed by atoms with E-state index in [-0.39, 0.29) is 18.1 Å². The number of aromatic nitrogens is 2. The van der Waals surface area contributed by atoms with Crippen molar-refractivity contribution in [1.29, 1.82) is 0 Å². The number of amides is 1. The lowest BCUT2D eigenvalue weighted by molar-refractivity contribution is 0.0943. The molecule has 140 valence electrons. The molecule has 2 aromatic heterocycles. The first-order valence-corrected chi connectivity index (χ1v) is 8.29. The van der Waals surface area contributed by atoms with Crippen molar-refractivity contribution in [3.05, 3.63) is 59.4 Å². The van der Waals surface area contributed by atoms with E-state index in [1.165, 1.54) is 26.6 Å². The second-order valence-corrected chi connectivity index (χ2v) is 5.77. The van der Waals surface area contributed by atoms with E-state index in [2.05, 4.69) is 20.6 Å². The van der Waals surface area contributed by atoms with Gasteiger partial charge in [-0.1, -0.05) is 11.6 Å². The van der Waals surface area contributed by atoms with Gasteiger partial charge in [0, 0.05) is 18.2 Å². The summed E-state index contributed by atoms with van der Waals surface area (Å²) in [5.41, 5.74) is 0.790. The maximum atomic E-state index is 12.3. The van der Waals surface area contributed by atoms with E-state index >= 15 is 0 Å². The summed E-state index contributed by atoms with van der Waals surface area (Å²) >= 11 is 6.11. The van der Waals surface area contributed by atoms with Crippen LogP contribution in [0, 0.1) is 0 Å². The fourth-order valence-electron chi connectivity index (χ4n) is 2.32. The summed E-state index contributed by atoms with van der Waals surface area (Å²) in [6.45, 7) is 0.265. The van der Waals surface area contributed by atoms with Crippen LogP contribution in [0.4, 0.5) is 11.5 Å². The molecule has 0 saturated heterocycles. The van der Waals surface area contributed by atoms with Gasteiger partial charge in [-0.3, -0.25) is 4.79 Å². The zero-order valence-electron chi connectivity index (χ0n) is 14.7. The molecule has 0 aliphatic rings. The Morgan fingerprint density at radius 2 is 2.00 bits per heavy atom. The number of rotatable bonds is 7. The number of carbonyl (C=O) groups excluding carboxylic acids is 1. The van der Waals surface area contributed by atoms with Gasteiger partial charge in [-0.2, -0.15) is 0 Å². The molecule has 1 aromatic carbocycles. The van der Waals surface area contributed by atoms with Crippen LogP contribution in [-0.4, -0.2) is 30.1 Å². The SMILES string of the molecule is COc1cc(Nc2cc(C(=O)NCc3ccco3)ncn2)c(OC)cc1Cl. The van der Waals surface area contributed by atoms with Crippen LogP contribution in [0.2, 0.25) is 5.02 Å². The maximum Gasteiger partial charge on any atom is 0.270 e. The Kier molecular flexibility index (Phi) is 5.77. The van der Waals surface area contributed by atoms with Crippen molar-refractivity contribution in [3.63, 3.8) is 0 Å². The first kappa shape index (κ1) is 18.5. The predicted molar refractivity (Wildman–Crippen MR) is 99.7 cm³/mol. The molecule has 2 heterocycles. The van der Waals surface area contributed by atoms with E-state index in [1.54, 1.807) is 30.5 Å². The Bertz CT molecular complexity index is 931. The molecule has 9 heteroatoms. The molecule has 0 bridgehead atoms. The van der Waals surface area contributed by atoms with Crippen molar-refractivity contribution in [1.82, 2.24) is 15.3 Å². The highest BCUT2D eigenvalue weighted by Gasteiger charge is 2.13. The number of halogens is 1. The van der Waals surface area contributed by atoms with Crippen molar-refractivity contribution in [3.8, 4) is 11.5 Å². The van der Waals surface area contributed by atoms with Gasteiger partial charge in [0.1, 0.15) is 35.1 Å². The number of anilines is 2. The summed E-state index contributed by atoms with van der Waals surface area (Å²) in [4.78, 5) is 20.4. The second-order valence-electron chi connectivity index (χ2n) is 5.36. The van der Waals surface area contributed by atoms with Crippen LogP contribution in [0.25, 0.3) is 0 Å². The summed E-state index contributed by atoms with van der Waals surface area (Å²) in [7, 11) is 3.04. The van der Waals surface area contributed by atoms with Gasteiger partial charge in [0.25, 0.3) is 5.91 Å². The van der Waals surface area contributed by atoms with Crippen LogP contribution in [0.3, 0.4) is 0 Å². The second kappa shape index (κ2) is 8.41. The Hall–Kier alpha value is -3.26. The average Bonchev–Trinajstić information content (AvgIpc) is 3.21. The molecule has 3 aromatic rings. The van der Waals surface area contributed by atoms with Gasteiger partial charge in [0.2, 0.25) is 0 Å². The monoisotopic (exact) mass is 388 g/mol. The van der Waals surface area contributed by atoms with Gasteiger partial charge < -0.3 is 24.5 Å². The van der Waals surface area contributed by atoms with E-state index in [4.69, 9.17) is 25.5 Å². The van der Waals surface area contributed by atoms with E-state index < -0.39 is 0 Å². The zero-order valence-corrected chi connectivity index (χ0v) is 15.4. The van der Waals surface area contributed by atoms with E-state index in [0.717, 1.165) is 0 Å². The lowest BCUT2D eigenvalue weighted by Crippen LogP contribution is -2.23. The summed E-state index contributed by atoms with van der Waals surface area (Å²) in [5, 5.41) is 6.22. The van der Waals surface area contributed by atoms with Crippen LogP contribution in [0.5, 0.6) is 11.5 Å². The molecule has 0 atom stereocenters. The van der Waals surface area contributed by atoms with Gasteiger partial charge in [-0.05, 0) is 12.1 Å². The van der Waals surface area contributed by atoms with Crippen molar-refractivity contribution in [2.75, 3.05) is 19.5 Å². The largest absolute Gasteiger partial charge is 0.495 e. The van der Waals surface area contributed by atoms with Crippen molar-refractivity contribution >= 4 is 29.0 Å². The standard InChI is InChI=1S/C18H17ClN4O4/c1-25-15-7-13(16(26-2)6-12(15)19)23-17-8-14(21-10-22-17)18(24)20-9-11-4-3-5-27-11/h3-8,10H,9H2,1-2H3,(H,20,24)(H,21,22,23). The van der Waals surface area contributed by atoms with Gasteiger partial charge >= 0.3 is 0 Å². The molecular weight excluding hydrogens is 372 g/mol. The van der Waals surface area contributed by atoms with Crippen LogP contribution in [-0.2, 0) is 6.54 Å². The third kappa shape index (κ3) is 4.48. The van der Waals surface area contributed by atoms with Gasteiger partial charge in [-0.25, -0.2) is 9.97 Å². The van der Waals surface area contributed by atoms with E-state index in [0.29, 0.717) is 33.8 Å². The van der Waals surface area contributed by atoms with Crippen LogP contribution in [0.15, 0.2) is 47.3 Å². The Morgan fingerprint density at radius 1 is 1.19 bits per heavy atom. The number of carbonyl (C=O) groups is 1. The third-order valence-corrected chi connectivity index (χ3v) is 3.94. The number of hydrogen-bond donors (Lipinski definition) is 2. The molecule has 3 rings (SSSR count).